The number of nitrogens with two attached hydrogens (primary N) is 1. The summed E-state index contributed by atoms with van der Waals surface area (Å²) in [5, 5.41) is 0. The first-order valence-corrected chi connectivity index (χ1v) is 8.10. The first kappa shape index (κ1) is 14.0. The molecule has 2 atom stereocenters. The average Bonchev–Trinajstić information content (AvgIpc) is 2.47. The lowest BCUT2D eigenvalue weighted by Gasteiger charge is -2.41. The van der Waals surface area contributed by atoms with E-state index in [9.17, 15) is 0 Å². The number of hydrogen-bond donors (Lipinski definition) is 1. The Morgan fingerprint density at radius 2 is 2.10 bits per heavy atom. The van der Waals surface area contributed by atoms with Gasteiger partial charge in [-0.2, -0.15) is 0 Å². The third-order valence-corrected chi connectivity index (χ3v) is 5.07. The van der Waals surface area contributed by atoms with Crippen molar-refractivity contribution in [3.63, 3.8) is 0 Å². The van der Waals surface area contributed by atoms with E-state index < -0.39 is 0 Å². The van der Waals surface area contributed by atoms with E-state index in [-0.39, 0.29) is 0 Å². The lowest BCUT2D eigenvalue weighted by molar-refractivity contribution is 0.0820. The Kier molecular flexibility index (Phi) is 4.32. The van der Waals surface area contributed by atoms with E-state index in [1.54, 1.807) is 0 Å². The van der Waals surface area contributed by atoms with Crippen LogP contribution in [0, 0.1) is 11.8 Å². The number of nitrogens with zero attached hydrogens (tertiary/aromatic N) is 2. The van der Waals surface area contributed by atoms with E-state index in [1.165, 1.54) is 50.8 Å². The molecule has 2 N–H and O–H groups in total. The van der Waals surface area contributed by atoms with Crippen LogP contribution in [0.3, 0.4) is 0 Å². The highest BCUT2D eigenvalue weighted by Gasteiger charge is 2.30. The second kappa shape index (κ2) is 6.19. The van der Waals surface area contributed by atoms with Crippen molar-refractivity contribution in [1.82, 2.24) is 9.88 Å². The third-order valence-electron chi connectivity index (χ3n) is 4.86. The molecular weight excluding hydrogens is 266 g/mol. The van der Waals surface area contributed by atoms with E-state index >= 15 is 0 Å². The monoisotopic (exact) mass is 289 g/mol. The Balaban J connectivity index is 1.63. The van der Waals surface area contributed by atoms with Crippen LogP contribution in [-0.2, 0) is 6.54 Å². The summed E-state index contributed by atoms with van der Waals surface area (Å²) in [4.78, 5) is 7.19. The average molecular weight is 289 g/mol. The molecule has 1 saturated carbocycles. The molecule has 0 spiro atoms. The van der Waals surface area contributed by atoms with Gasteiger partial charge in [0.05, 0.1) is 5.69 Å². The van der Waals surface area contributed by atoms with Crippen LogP contribution < -0.4 is 5.73 Å². The summed E-state index contributed by atoms with van der Waals surface area (Å²) >= 11 is 5.00. The van der Waals surface area contributed by atoms with Gasteiger partial charge in [0.1, 0.15) is 4.99 Å². The van der Waals surface area contributed by atoms with Crippen LogP contribution in [-0.4, -0.2) is 28.0 Å². The molecule has 0 amide bonds. The van der Waals surface area contributed by atoms with Crippen molar-refractivity contribution in [2.75, 3.05) is 13.1 Å². The van der Waals surface area contributed by atoms with Gasteiger partial charge in [0.2, 0.25) is 0 Å². The van der Waals surface area contributed by atoms with Gasteiger partial charge in [0, 0.05) is 19.3 Å². The van der Waals surface area contributed by atoms with Crippen molar-refractivity contribution in [2.45, 2.75) is 38.6 Å². The summed E-state index contributed by atoms with van der Waals surface area (Å²) in [5.74, 6) is 1.92. The zero-order valence-electron chi connectivity index (χ0n) is 11.9. The van der Waals surface area contributed by atoms with Crippen LogP contribution in [0.25, 0.3) is 0 Å². The summed E-state index contributed by atoms with van der Waals surface area (Å²) in [6, 6.07) is 4.12. The molecule has 1 saturated heterocycles. The van der Waals surface area contributed by atoms with Crippen LogP contribution in [0.1, 0.15) is 43.4 Å². The second-order valence-electron chi connectivity index (χ2n) is 6.24. The first-order valence-electron chi connectivity index (χ1n) is 7.69. The van der Waals surface area contributed by atoms with Gasteiger partial charge < -0.3 is 5.73 Å². The Morgan fingerprint density at radius 1 is 1.30 bits per heavy atom. The molecule has 1 aliphatic carbocycles. The van der Waals surface area contributed by atoms with Crippen molar-refractivity contribution in [3.05, 3.63) is 29.6 Å². The molecule has 108 valence electrons. The van der Waals surface area contributed by atoms with Gasteiger partial charge in [0.25, 0.3) is 0 Å². The number of hydrogen-bond acceptors (Lipinski definition) is 3. The van der Waals surface area contributed by atoms with Crippen LogP contribution in [0.4, 0.5) is 0 Å². The molecule has 0 aromatic carbocycles. The normalized spacial score (nSPS) is 27.0. The van der Waals surface area contributed by atoms with Crippen molar-refractivity contribution >= 4 is 17.2 Å². The minimum atomic E-state index is 0.387. The van der Waals surface area contributed by atoms with Crippen LogP contribution >= 0.6 is 12.2 Å². The molecule has 20 heavy (non-hydrogen) atoms. The summed E-state index contributed by atoms with van der Waals surface area (Å²) < 4.78 is 0. The maximum absolute atomic E-state index is 5.66. The summed E-state index contributed by atoms with van der Waals surface area (Å²) in [6.45, 7) is 3.49. The van der Waals surface area contributed by atoms with Gasteiger partial charge in [-0.3, -0.25) is 9.88 Å². The largest absolute Gasteiger partial charge is 0.388 e. The Hall–Kier alpha value is -1.00. The second-order valence-corrected chi connectivity index (χ2v) is 6.68. The van der Waals surface area contributed by atoms with Crippen molar-refractivity contribution in [1.29, 1.82) is 0 Å². The molecular formula is C16H23N3S. The highest BCUT2D eigenvalue weighted by molar-refractivity contribution is 7.80. The molecule has 3 nitrogen and oxygen atoms in total. The topological polar surface area (TPSA) is 42.1 Å². The molecule has 2 aliphatic rings. The summed E-state index contributed by atoms with van der Waals surface area (Å²) in [7, 11) is 0. The fourth-order valence-electron chi connectivity index (χ4n) is 3.79. The van der Waals surface area contributed by atoms with E-state index in [0.29, 0.717) is 4.99 Å². The maximum Gasteiger partial charge on any atom is 0.122 e. The van der Waals surface area contributed by atoms with Crippen LogP contribution in [0.5, 0.6) is 0 Å². The molecule has 2 unspecified atom stereocenters. The highest BCUT2D eigenvalue weighted by atomic mass is 32.1. The Bertz CT molecular complexity index is 488. The predicted octanol–water partition coefficient (Wildman–Crippen LogP) is 2.73. The van der Waals surface area contributed by atoms with E-state index in [4.69, 9.17) is 18.0 Å². The Labute approximate surface area is 126 Å². The number of rotatable bonds is 3. The zero-order valence-corrected chi connectivity index (χ0v) is 12.7. The molecule has 1 aromatic rings. The number of aromatic nitrogens is 1. The van der Waals surface area contributed by atoms with Crippen LogP contribution in [0.2, 0.25) is 0 Å². The number of fused-ring (bicyclic) bond motifs is 1. The maximum atomic E-state index is 5.66. The molecule has 0 bridgehead atoms. The summed E-state index contributed by atoms with van der Waals surface area (Å²) in [6.07, 6.45) is 8.95. The fraction of sp³-hybridized carbons (Fsp3) is 0.625. The number of pyridine rings is 1. The van der Waals surface area contributed by atoms with Crippen molar-refractivity contribution in [2.24, 2.45) is 17.6 Å². The first-order chi connectivity index (χ1) is 9.72. The van der Waals surface area contributed by atoms with Crippen molar-refractivity contribution in [3.8, 4) is 0 Å². The molecule has 0 radical (unpaired) electrons. The summed E-state index contributed by atoms with van der Waals surface area (Å²) in [5.41, 5.74) is 7.67. The van der Waals surface area contributed by atoms with Gasteiger partial charge >= 0.3 is 0 Å². The molecule has 1 aliphatic heterocycles. The van der Waals surface area contributed by atoms with Gasteiger partial charge in [0.15, 0.2) is 0 Å². The molecule has 2 heterocycles. The smallest absolute Gasteiger partial charge is 0.122 e. The van der Waals surface area contributed by atoms with Gasteiger partial charge in [-0.1, -0.05) is 31.5 Å². The van der Waals surface area contributed by atoms with Gasteiger partial charge in [-0.25, -0.2) is 0 Å². The SMILES string of the molecule is NC(=S)c1cc(CN2CCC3CCCCC3C2)ccn1. The zero-order chi connectivity index (χ0) is 13.9. The third kappa shape index (κ3) is 3.18. The molecule has 2 fully saturated rings. The fourth-order valence-corrected chi connectivity index (χ4v) is 3.90. The van der Waals surface area contributed by atoms with Gasteiger partial charge in [-0.05, 0) is 48.9 Å². The number of piperidine rings is 1. The van der Waals surface area contributed by atoms with Crippen LogP contribution in [0.15, 0.2) is 18.3 Å². The lowest BCUT2D eigenvalue weighted by Crippen LogP contribution is -2.41. The quantitative estimate of drug-likeness (QED) is 0.869. The molecule has 4 heteroatoms. The highest BCUT2D eigenvalue weighted by Crippen LogP contribution is 2.36. The Morgan fingerprint density at radius 3 is 2.90 bits per heavy atom. The van der Waals surface area contributed by atoms with E-state index in [0.717, 1.165) is 24.1 Å². The minimum absolute atomic E-state index is 0.387. The number of thiocarbonyl (C=S) groups is 1. The molecule has 1 aromatic heterocycles. The van der Waals surface area contributed by atoms with Crippen molar-refractivity contribution < 1.29 is 0 Å². The van der Waals surface area contributed by atoms with Gasteiger partial charge in [-0.15, -0.1) is 0 Å². The minimum Gasteiger partial charge on any atom is -0.388 e. The number of likely N-dealkylation sites (tertiary alicyclic amines) is 1. The predicted molar refractivity (Wildman–Crippen MR) is 85.5 cm³/mol. The molecule has 3 rings (SSSR count). The van der Waals surface area contributed by atoms with E-state index in [2.05, 4.69) is 16.0 Å². The van der Waals surface area contributed by atoms with E-state index in [1.807, 2.05) is 12.3 Å². The standard InChI is InChI=1S/C16H23N3S/c17-16(20)15-9-12(5-7-18-15)10-19-8-6-13-3-1-2-4-14(13)11-19/h5,7,9,13-14H,1-4,6,8,10-11H2,(H2,17,20). The lowest BCUT2D eigenvalue weighted by atomic mass is 9.75.